The van der Waals surface area contributed by atoms with Crippen molar-refractivity contribution in [2.24, 2.45) is 10.2 Å². The monoisotopic (exact) mass is 377 g/mol. The summed E-state index contributed by atoms with van der Waals surface area (Å²) in [7, 11) is -4.33. The van der Waals surface area contributed by atoms with Crippen LogP contribution in [0.4, 0.5) is 17.1 Å². The number of phenols is 1. The van der Waals surface area contributed by atoms with E-state index in [0.29, 0.717) is 16.5 Å². The Morgan fingerprint density at radius 2 is 1.80 bits per heavy atom. The second-order valence-electron chi connectivity index (χ2n) is 5.20. The van der Waals surface area contributed by atoms with Gasteiger partial charge in [0.1, 0.15) is 16.3 Å². The number of anilines is 1. The first-order chi connectivity index (χ1) is 11.8. The van der Waals surface area contributed by atoms with Crippen molar-refractivity contribution in [2.75, 3.05) is 5.73 Å². The van der Waals surface area contributed by atoms with E-state index < -0.39 is 10.1 Å². The molecule has 0 amide bonds. The number of nitrogens with two attached hydrogens (primary N) is 1. The van der Waals surface area contributed by atoms with Gasteiger partial charge in [-0.2, -0.15) is 13.5 Å². The fourth-order valence-corrected chi connectivity index (χ4v) is 3.16. The summed E-state index contributed by atoms with van der Waals surface area (Å²) >= 11 is 5.89. The van der Waals surface area contributed by atoms with Crippen LogP contribution in [0, 0.1) is 0 Å². The Morgan fingerprint density at radius 3 is 2.52 bits per heavy atom. The predicted octanol–water partition coefficient (Wildman–Crippen LogP) is 4.44. The number of halogens is 1. The van der Waals surface area contributed by atoms with Crippen molar-refractivity contribution in [1.29, 1.82) is 0 Å². The molecule has 128 valence electrons. The molecule has 0 unspecified atom stereocenters. The van der Waals surface area contributed by atoms with E-state index in [-0.39, 0.29) is 27.0 Å². The summed E-state index contributed by atoms with van der Waals surface area (Å²) in [6.07, 6.45) is 0. The van der Waals surface area contributed by atoms with Crippen molar-refractivity contribution in [3.63, 3.8) is 0 Å². The van der Waals surface area contributed by atoms with Crippen LogP contribution in [0.15, 0.2) is 63.7 Å². The minimum absolute atomic E-state index is 0.144. The largest absolute Gasteiger partial charge is 0.506 e. The molecular formula is C16H12ClN3O4S. The summed E-state index contributed by atoms with van der Waals surface area (Å²) in [5.41, 5.74) is 6.37. The topological polar surface area (TPSA) is 125 Å². The summed E-state index contributed by atoms with van der Waals surface area (Å²) in [5.74, 6) is -0.167. The van der Waals surface area contributed by atoms with Crippen LogP contribution in [0.1, 0.15) is 0 Å². The smallest absolute Gasteiger partial charge is 0.295 e. The van der Waals surface area contributed by atoms with E-state index in [4.69, 9.17) is 17.3 Å². The highest BCUT2D eigenvalue weighted by molar-refractivity contribution is 7.86. The molecular weight excluding hydrogens is 366 g/mol. The number of nitrogens with zero attached hydrogens (tertiary/aromatic N) is 2. The average molecular weight is 378 g/mol. The Kier molecular flexibility index (Phi) is 4.34. The number of phenolic OH excluding ortho intramolecular Hbond substituents is 1. The van der Waals surface area contributed by atoms with E-state index in [1.165, 1.54) is 36.4 Å². The number of azo groups is 1. The fraction of sp³-hybridized carbons (Fsp3) is 0. The first-order valence-electron chi connectivity index (χ1n) is 6.96. The van der Waals surface area contributed by atoms with E-state index >= 15 is 0 Å². The van der Waals surface area contributed by atoms with E-state index in [1.807, 2.05) is 0 Å². The van der Waals surface area contributed by atoms with E-state index in [2.05, 4.69) is 10.2 Å². The van der Waals surface area contributed by atoms with Gasteiger partial charge in [-0.3, -0.25) is 4.55 Å². The van der Waals surface area contributed by atoms with Crippen molar-refractivity contribution in [1.82, 2.24) is 0 Å². The van der Waals surface area contributed by atoms with E-state index in [0.717, 1.165) is 0 Å². The van der Waals surface area contributed by atoms with Crippen LogP contribution < -0.4 is 5.73 Å². The zero-order valence-electron chi connectivity index (χ0n) is 12.6. The maximum atomic E-state index is 11.4. The van der Waals surface area contributed by atoms with Gasteiger partial charge < -0.3 is 10.8 Å². The molecule has 0 saturated carbocycles. The fourth-order valence-electron chi connectivity index (χ4n) is 2.29. The summed E-state index contributed by atoms with van der Waals surface area (Å²) in [4.78, 5) is -0.184. The molecule has 0 spiro atoms. The van der Waals surface area contributed by atoms with Crippen LogP contribution >= 0.6 is 11.6 Å². The maximum absolute atomic E-state index is 11.4. The molecule has 0 aliphatic rings. The minimum Gasteiger partial charge on any atom is -0.506 e. The molecule has 0 radical (unpaired) electrons. The van der Waals surface area contributed by atoms with Gasteiger partial charge in [-0.15, -0.1) is 5.11 Å². The van der Waals surface area contributed by atoms with Crippen LogP contribution in [-0.4, -0.2) is 18.1 Å². The Bertz CT molecular complexity index is 1110. The molecule has 0 aliphatic carbocycles. The Labute approximate surface area is 148 Å². The molecule has 25 heavy (non-hydrogen) atoms. The highest BCUT2D eigenvalue weighted by atomic mass is 35.5. The van der Waals surface area contributed by atoms with Gasteiger partial charge in [0.05, 0.1) is 16.4 Å². The number of hydrogen-bond donors (Lipinski definition) is 3. The Balaban J connectivity index is 2.02. The van der Waals surface area contributed by atoms with Crippen LogP contribution in [-0.2, 0) is 10.1 Å². The van der Waals surface area contributed by atoms with Crippen molar-refractivity contribution >= 4 is 49.6 Å². The number of nitrogen functional groups attached to an aromatic ring is 1. The van der Waals surface area contributed by atoms with Crippen molar-refractivity contribution in [3.05, 3.63) is 53.6 Å². The quantitative estimate of drug-likeness (QED) is 0.353. The van der Waals surface area contributed by atoms with E-state index in [9.17, 15) is 18.1 Å². The molecule has 0 fully saturated rings. The van der Waals surface area contributed by atoms with Crippen LogP contribution in [0.3, 0.4) is 0 Å². The summed E-state index contributed by atoms with van der Waals surface area (Å²) in [5, 5.41) is 18.9. The molecule has 7 nitrogen and oxygen atoms in total. The van der Waals surface area contributed by atoms with Crippen molar-refractivity contribution in [2.45, 2.75) is 4.90 Å². The first kappa shape index (κ1) is 17.2. The predicted molar refractivity (Wildman–Crippen MR) is 95.5 cm³/mol. The second-order valence-corrected chi connectivity index (χ2v) is 7.00. The highest BCUT2D eigenvalue weighted by Crippen LogP contribution is 2.35. The van der Waals surface area contributed by atoms with Gasteiger partial charge in [0.25, 0.3) is 10.1 Å². The SMILES string of the molecule is Nc1cc(O)c(/N=N/c2ccc3c(S(=O)(=O)O)cccc3c2)cc1Cl. The molecule has 3 aromatic carbocycles. The lowest BCUT2D eigenvalue weighted by molar-refractivity contribution is 0.476. The number of fused-ring (bicyclic) bond motifs is 1. The molecule has 4 N–H and O–H groups in total. The van der Waals surface area contributed by atoms with Gasteiger partial charge >= 0.3 is 0 Å². The Hall–Kier alpha value is -2.68. The van der Waals surface area contributed by atoms with Gasteiger partial charge in [0, 0.05) is 11.5 Å². The minimum atomic E-state index is -4.33. The third-order valence-corrected chi connectivity index (χ3v) is 4.71. The van der Waals surface area contributed by atoms with Gasteiger partial charge in [-0.1, -0.05) is 29.8 Å². The van der Waals surface area contributed by atoms with Crippen LogP contribution in [0.25, 0.3) is 10.8 Å². The third kappa shape index (κ3) is 3.55. The molecule has 0 bridgehead atoms. The summed E-state index contributed by atoms with van der Waals surface area (Å²) in [6.45, 7) is 0. The number of hydrogen-bond acceptors (Lipinski definition) is 6. The van der Waals surface area contributed by atoms with Crippen LogP contribution in [0.5, 0.6) is 5.75 Å². The lowest BCUT2D eigenvalue weighted by Crippen LogP contribution is -1.98. The van der Waals surface area contributed by atoms with Crippen LogP contribution in [0.2, 0.25) is 5.02 Å². The molecule has 3 rings (SSSR count). The lowest BCUT2D eigenvalue weighted by atomic mass is 10.1. The molecule has 9 heteroatoms. The molecule has 0 aromatic heterocycles. The van der Waals surface area contributed by atoms with E-state index in [1.54, 1.807) is 12.1 Å². The summed E-state index contributed by atoms with van der Waals surface area (Å²) in [6, 6.07) is 11.8. The van der Waals surface area contributed by atoms with Gasteiger partial charge in [0.2, 0.25) is 0 Å². The Morgan fingerprint density at radius 1 is 1.04 bits per heavy atom. The molecule has 0 heterocycles. The number of rotatable bonds is 3. The molecule has 0 atom stereocenters. The highest BCUT2D eigenvalue weighted by Gasteiger charge is 2.13. The lowest BCUT2D eigenvalue weighted by Gasteiger charge is -2.04. The third-order valence-electron chi connectivity index (χ3n) is 3.47. The molecule has 0 aliphatic heterocycles. The number of benzene rings is 3. The van der Waals surface area contributed by atoms with Gasteiger partial charge in [-0.05, 0) is 29.7 Å². The molecule has 0 saturated heterocycles. The normalized spacial score (nSPS) is 12.1. The van der Waals surface area contributed by atoms with Gasteiger partial charge in [-0.25, -0.2) is 0 Å². The average Bonchev–Trinajstić information content (AvgIpc) is 2.55. The van der Waals surface area contributed by atoms with Crippen molar-refractivity contribution < 1.29 is 18.1 Å². The molecule has 3 aromatic rings. The standard InChI is InChI=1S/C16H12ClN3O4S/c17-12-7-14(15(21)8-13(12)18)20-19-10-4-5-11-9(6-10)2-1-3-16(11)25(22,23)24/h1-8,21H,18H2,(H,22,23,24)/b20-19+. The second kappa shape index (κ2) is 6.32. The van der Waals surface area contributed by atoms with Crippen molar-refractivity contribution in [3.8, 4) is 5.75 Å². The first-order valence-corrected chi connectivity index (χ1v) is 8.77. The number of aromatic hydroxyl groups is 1. The maximum Gasteiger partial charge on any atom is 0.295 e. The van der Waals surface area contributed by atoms with Gasteiger partial charge in [0.15, 0.2) is 0 Å². The zero-order chi connectivity index (χ0) is 18.2. The zero-order valence-corrected chi connectivity index (χ0v) is 14.2. The summed E-state index contributed by atoms with van der Waals surface area (Å²) < 4.78 is 32.1.